The number of methoxy groups -OCH3 is 1. The zero-order valence-electron chi connectivity index (χ0n) is 18.6. The van der Waals surface area contributed by atoms with Crippen molar-refractivity contribution in [1.29, 1.82) is 0 Å². The normalized spacial score (nSPS) is 40.5. The van der Waals surface area contributed by atoms with E-state index in [1.54, 1.807) is 11.8 Å². The largest absolute Gasteiger partial charge is 0.469 e. The predicted octanol–water partition coefficient (Wildman–Crippen LogP) is 6.08. The van der Waals surface area contributed by atoms with Gasteiger partial charge in [0.15, 0.2) is 0 Å². The molecule has 30 heavy (non-hydrogen) atoms. The van der Waals surface area contributed by atoms with E-state index in [0.717, 1.165) is 38.5 Å². The van der Waals surface area contributed by atoms with Gasteiger partial charge in [-0.05, 0) is 68.4 Å². The molecule has 6 atom stereocenters. The van der Waals surface area contributed by atoms with Crippen LogP contribution in [-0.4, -0.2) is 24.6 Å². The number of esters is 1. The number of aldehydes is 1. The van der Waals surface area contributed by atoms with Crippen molar-refractivity contribution in [2.75, 3.05) is 7.11 Å². The summed E-state index contributed by atoms with van der Waals surface area (Å²) in [5, 5.41) is 0.116. The summed E-state index contributed by atoms with van der Waals surface area (Å²) in [5.41, 5.74) is 0.726. The predicted molar refractivity (Wildman–Crippen MR) is 121 cm³/mol. The van der Waals surface area contributed by atoms with E-state index in [1.807, 2.05) is 6.07 Å². The minimum absolute atomic E-state index is 0.00379. The first-order valence-corrected chi connectivity index (χ1v) is 12.1. The number of ether oxygens (including phenoxy) is 1. The first-order valence-electron chi connectivity index (χ1n) is 11.3. The van der Waals surface area contributed by atoms with Crippen LogP contribution < -0.4 is 0 Å². The minimum Gasteiger partial charge on any atom is -0.469 e. The van der Waals surface area contributed by atoms with Crippen LogP contribution in [0.15, 0.2) is 46.9 Å². The molecule has 3 aliphatic rings. The van der Waals surface area contributed by atoms with Crippen molar-refractivity contribution < 1.29 is 14.3 Å². The lowest BCUT2D eigenvalue weighted by atomic mass is 9.46. The molecule has 0 spiro atoms. The molecule has 3 nitrogen and oxygen atoms in total. The summed E-state index contributed by atoms with van der Waals surface area (Å²) in [5.74, 6) is 0.687. The fourth-order valence-corrected chi connectivity index (χ4v) is 8.04. The Hall–Kier alpha value is -1.55. The van der Waals surface area contributed by atoms with E-state index in [-0.39, 0.29) is 22.0 Å². The summed E-state index contributed by atoms with van der Waals surface area (Å²) < 4.78 is 5.26. The smallest absolute Gasteiger partial charge is 0.311 e. The van der Waals surface area contributed by atoms with E-state index in [2.05, 4.69) is 51.1 Å². The van der Waals surface area contributed by atoms with Crippen molar-refractivity contribution in [3.8, 4) is 0 Å². The average molecular weight is 427 g/mol. The van der Waals surface area contributed by atoms with Crippen LogP contribution in [0.2, 0.25) is 0 Å². The van der Waals surface area contributed by atoms with Crippen molar-refractivity contribution in [1.82, 2.24) is 0 Å². The van der Waals surface area contributed by atoms with E-state index in [0.29, 0.717) is 11.8 Å². The van der Waals surface area contributed by atoms with Gasteiger partial charge in [-0.1, -0.05) is 50.1 Å². The molecule has 0 N–H and O–H groups in total. The Balaban J connectivity index is 1.74. The lowest BCUT2D eigenvalue weighted by Crippen LogP contribution is -2.54. The van der Waals surface area contributed by atoms with Gasteiger partial charge in [0.2, 0.25) is 0 Å². The van der Waals surface area contributed by atoms with Crippen molar-refractivity contribution in [3.63, 3.8) is 0 Å². The van der Waals surface area contributed by atoms with Gasteiger partial charge >= 0.3 is 5.97 Å². The second-order valence-corrected chi connectivity index (χ2v) is 11.5. The van der Waals surface area contributed by atoms with Crippen molar-refractivity contribution in [2.24, 2.45) is 28.1 Å². The Bertz CT molecular complexity index is 849. The number of carbonyl (C=O) groups is 2. The quantitative estimate of drug-likeness (QED) is 0.332. The third-order valence-electron chi connectivity index (χ3n) is 8.43. The third kappa shape index (κ3) is 3.36. The summed E-state index contributed by atoms with van der Waals surface area (Å²) in [7, 11) is 1.52. The molecule has 0 heterocycles. The van der Waals surface area contributed by atoms with Crippen LogP contribution in [0.5, 0.6) is 0 Å². The second kappa shape index (κ2) is 7.85. The number of rotatable bonds is 4. The molecular weight excluding hydrogens is 392 g/mol. The molecule has 0 aliphatic heterocycles. The third-order valence-corrected chi connectivity index (χ3v) is 9.90. The Morgan fingerprint density at radius 2 is 1.87 bits per heavy atom. The number of benzene rings is 1. The average Bonchev–Trinajstić information content (AvgIpc) is 2.74. The topological polar surface area (TPSA) is 43.4 Å². The van der Waals surface area contributed by atoms with E-state index < -0.39 is 5.41 Å². The maximum atomic E-state index is 12.8. The standard InChI is InChI=1S/C26H34O3S/c1-24(17-27)16-18-11-12-21-25(2,13-8-14-26(21,3)23(28)29-4)20(18)15-22(24)30-19-9-6-5-7-10-19/h5-7,9-10,15,17-18,21-22H,8,11-14,16H2,1-4H3. The highest BCUT2D eigenvalue weighted by atomic mass is 32.2. The number of allylic oxidation sites excluding steroid dienone is 1. The summed E-state index contributed by atoms with van der Waals surface area (Å²) >= 11 is 1.80. The summed E-state index contributed by atoms with van der Waals surface area (Å²) in [6, 6.07) is 10.4. The SMILES string of the molecule is COC(=O)C1(C)CCCC2(C)C3=CC(Sc4ccccc4)C(C)(C=O)CC3CCC12. The fourth-order valence-electron chi connectivity index (χ4n) is 6.79. The van der Waals surface area contributed by atoms with Crippen molar-refractivity contribution >= 4 is 24.0 Å². The molecule has 6 unspecified atom stereocenters. The van der Waals surface area contributed by atoms with E-state index in [1.165, 1.54) is 23.9 Å². The Morgan fingerprint density at radius 3 is 2.53 bits per heavy atom. The van der Waals surface area contributed by atoms with Crippen LogP contribution in [0, 0.1) is 28.1 Å². The van der Waals surface area contributed by atoms with Crippen LogP contribution in [0.4, 0.5) is 0 Å². The monoisotopic (exact) mass is 426 g/mol. The molecule has 0 radical (unpaired) electrons. The van der Waals surface area contributed by atoms with Crippen LogP contribution in [0.3, 0.4) is 0 Å². The van der Waals surface area contributed by atoms with E-state index in [4.69, 9.17) is 4.74 Å². The fraction of sp³-hybridized carbons (Fsp3) is 0.615. The summed E-state index contributed by atoms with van der Waals surface area (Å²) in [6.07, 6.45) is 9.69. The maximum absolute atomic E-state index is 12.8. The molecule has 0 saturated heterocycles. The van der Waals surface area contributed by atoms with Gasteiger partial charge in [0, 0.05) is 15.6 Å². The highest BCUT2D eigenvalue weighted by molar-refractivity contribution is 8.00. The van der Waals surface area contributed by atoms with Crippen LogP contribution in [-0.2, 0) is 14.3 Å². The van der Waals surface area contributed by atoms with Crippen LogP contribution in [0.1, 0.15) is 59.3 Å². The van der Waals surface area contributed by atoms with Gasteiger partial charge < -0.3 is 9.53 Å². The highest BCUT2D eigenvalue weighted by Crippen LogP contribution is 2.64. The molecule has 0 amide bonds. The number of hydrogen-bond acceptors (Lipinski definition) is 4. The lowest BCUT2D eigenvalue weighted by Gasteiger charge is -2.58. The molecular formula is C26H34O3S. The van der Waals surface area contributed by atoms with Crippen molar-refractivity contribution in [2.45, 2.75) is 69.4 Å². The molecule has 4 rings (SSSR count). The number of fused-ring (bicyclic) bond motifs is 3. The molecule has 1 aromatic rings. The van der Waals surface area contributed by atoms with Gasteiger partial charge in [0.05, 0.1) is 12.5 Å². The maximum Gasteiger partial charge on any atom is 0.311 e. The summed E-state index contributed by atoms with van der Waals surface area (Å²) in [6.45, 7) is 6.63. The van der Waals surface area contributed by atoms with Crippen LogP contribution in [0.25, 0.3) is 0 Å². The first-order chi connectivity index (χ1) is 14.3. The molecule has 2 fully saturated rings. The molecule has 162 valence electrons. The highest BCUT2D eigenvalue weighted by Gasteiger charge is 2.59. The zero-order chi connectivity index (χ0) is 21.6. The molecule has 3 aliphatic carbocycles. The molecule has 0 aromatic heterocycles. The van der Waals surface area contributed by atoms with Crippen LogP contribution >= 0.6 is 11.8 Å². The van der Waals surface area contributed by atoms with Gasteiger partial charge in [0.1, 0.15) is 6.29 Å². The first kappa shape index (κ1) is 21.7. The lowest BCUT2D eigenvalue weighted by molar-refractivity contribution is -0.164. The number of thioether (sulfide) groups is 1. The molecule has 2 saturated carbocycles. The van der Waals surface area contributed by atoms with Crippen molar-refractivity contribution in [3.05, 3.63) is 42.0 Å². The molecule has 4 heteroatoms. The summed E-state index contributed by atoms with van der Waals surface area (Å²) in [4.78, 5) is 26.3. The number of carbonyl (C=O) groups excluding carboxylic acids is 2. The minimum atomic E-state index is -0.416. The Kier molecular flexibility index (Phi) is 5.67. The van der Waals surface area contributed by atoms with Gasteiger partial charge in [-0.3, -0.25) is 4.79 Å². The van der Waals surface area contributed by atoms with Gasteiger partial charge in [-0.15, -0.1) is 11.8 Å². The zero-order valence-corrected chi connectivity index (χ0v) is 19.5. The second-order valence-electron chi connectivity index (χ2n) is 10.3. The Morgan fingerprint density at radius 1 is 1.13 bits per heavy atom. The van der Waals surface area contributed by atoms with Gasteiger partial charge in [-0.25, -0.2) is 0 Å². The van der Waals surface area contributed by atoms with Gasteiger partial charge in [0.25, 0.3) is 0 Å². The molecule has 0 bridgehead atoms. The molecule has 1 aromatic carbocycles. The Labute approximate surface area is 185 Å². The number of hydrogen-bond donors (Lipinski definition) is 0. The van der Waals surface area contributed by atoms with E-state index in [9.17, 15) is 9.59 Å². The van der Waals surface area contributed by atoms with Gasteiger partial charge in [-0.2, -0.15) is 0 Å². The van der Waals surface area contributed by atoms with E-state index >= 15 is 0 Å².